The SMILES string of the molecule is c1ccc(-c2ccc(N(c3cccc4oc5ccccc5c34)c3cc4ccccc4c4sc5ccccc5c34)cc2)cc1. The molecule has 2 aromatic heterocycles. The van der Waals surface area contributed by atoms with E-state index < -0.39 is 0 Å². The molecular formula is C40H25NOS. The Labute approximate surface area is 252 Å². The van der Waals surface area contributed by atoms with Crippen LogP contribution in [0.5, 0.6) is 0 Å². The van der Waals surface area contributed by atoms with E-state index in [9.17, 15) is 0 Å². The fourth-order valence-electron chi connectivity index (χ4n) is 6.50. The second kappa shape index (κ2) is 9.59. The molecule has 0 N–H and O–H groups in total. The van der Waals surface area contributed by atoms with Crippen LogP contribution in [0.15, 0.2) is 156 Å². The summed E-state index contributed by atoms with van der Waals surface area (Å²) in [5.74, 6) is 0. The molecule has 43 heavy (non-hydrogen) atoms. The maximum Gasteiger partial charge on any atom is 0.137 e. The smallest absolute Gasteiger partial charge is 0.137 e. The van der Waals surface area contributed by atoms with E-state index >= 15 is 0 Å². The molecule has 0 fully saturated rings. The predicted molar refractivity (Wildman–Crippen MR) is 184 cm³/mol. The maximum atomic E-state index is 6.38. The molecule has 0 aliphatic rings. The van der Waals surface area contributed by atoms with Crippen molar-refractivity contribution in [3.05, 3.63) is 152 Å². The van der Waals surface area contributed by atoms with Crippen molar-refractivity contribution in [1.29, 1.82) is 0 Å². The minimum Gasteiger partial charge on any atom is -0.456 e. The van der Waals surface area contributed by atoms with Crippen LogP contribution in [0.25, 0.3) is 64.0 Å². The monoisotopic (exact) mass is 567 g/mol. The molecule has 0 amide bonds. The van der Waals surface area contributed by atoms with Gasteiger partial charge in [-0.25, -0.2) is 0 Å². The summed E-state index contributed by atoms with van der Waals surface area (Å²) in [7, 11) is 0. The molecule has 9 aromatic rings. The van der Waals surface area contributed by atoms with Gasteiger partial charge in [-0.15, -0.1) is 11.3 Å². The molecule has 0 saturated heterocycles. The van der Waals surface area contributed by atoms with Gasteiger partial charge >= 0.3 is 0 Å². The molecule has 0 aliphatic heterocycles. The van der Waals surface area contributed by atoms with Crippen LogP contribution in [0, 0.1) is 0 Å². The molecule has 0 spiro atoms. The van der Waals surface area contributed by atoms with Crippen LogP contribution in [-0.2, 0) is 0 Å². The van der Waals surface area contributed by atoms with Crippen LogP contribution in [0.1, 0.15) is 0 Å². The molecule has 0 radical (unpaired) electrons. The third-order valence-corrected chi connectivity index (χ3v) is 9.65. The van der Waals surface area contributed by atoms with Gasteiger partial charge in [-0.05, 0) is 64.4 Å². The van der Waals surface area contributed by atoms with E-state index in [1.54, 1.807) is 0 Å². The van der Waals surface area contributed by atoms with Crippen molar-refractivity contribution in [2.24, 2.45) is 0 Å². The highest BCUT2D eigenvalue weighted by Gasteiger charge is 2.23. The van der Waals surface area contributed by atoms with Crippen LogP contribution < -0.4 is 4.90 Å². The lowest BCUT2D eigenvalue weighted by molar-refractivity contribution is 0.669. The van der Waals surface area contributed by atoms with Gasteiger partial charge in [0.25, 0.3) is 0 Å². The van der Waals surface area contributed by atoms with Crippen molar-refractivity contribution < 1.29 is 4.42 Å². The first kappa shape index (κ1) is 24.2. The summed E-state index contributed by atoms with van der Waals surface area (Å²) in [5.41, 5.74) is 7.55. The number of thiophene rings is 1. The van der Waals surface area contributed by atoms with E-state index in [1.165, 1.54) is 42.1 Å². The van der Waals surface area contributed by atoms with E-state index in [0.29, 0.717) is 0 Å². The Morgan fingerprint density at radius 2 is 1.14 bits per heavy atom. The summed E-state index contributed by atoms with van der Waals surface area (Å²) in [5, 5.41) is 7.30. The molecule has 0 bridgehead atoms. The molecule has 9 rings (SSSR count). The zero-order chi connectivity index (χ0) is 28.3. The number of benzene rings is 7. The summed E-state index contributed by atoms with van der Waals surface area (Å²) in [6.45, 7) is 0. The average molecular weight is 568 g/mol. The minimum atomic E-state index is 0.886. The van der Waals surface area contributed by atoms with Crippen LogP contribution in [0.2, 0.25) is 0 Å². The van der Waals surface area contributed by atoms with Gasteiger partial charge in [0.1, 0.15) is 11.2 Å². The van der Waals surface area contributed by atoms with E-state index in [4.69, 9.17) is 4.42 Å². The first-order valence-electron chi connectivity index (χ1n) is 14.5. The average Bonchev–Trinajstić information content (AvgIpc) is 3.65. The van der Waals surface area contributed by atoms with Gasteiger partial charge in [0.15, 0.2) is 0 Å². The third kappa shape index (κ3) is 3.79. The number of furan rings is 1. The van der Waals surface area contributed by atoms with E-state index in [1.807, 2.05) is 17.4 Å². The Hall–Kier alpha value is -5.38. The Balaban J connectivity index is 1.40. The highest BCUT2D eigenvalue weighted by molar-refractivity contribution is 7.26. The van der Waals surface area contributed by atoms with E-state index in [2.05, 4.69) is 150 Å². The molecule has 2 heterocycles. The van der Waals surface area contributed by atoms with Crippen molar-refractivity contribution in [2.45, 2.75) is 0 Å². The molecule has 7 aromatic carbocycles. The number of fused-ring (bicyclic) bond motifs is 8. The fourth-order valence-corrected chi connectivity index (χ4v) is 7.76. The molecule has 0 aliphatic carbocycles. The standard InChI is InChI=1S/C40H25NOS/c1-2-11-26(12-3-1)27-21-23-29(24-22-27)41(33-17-10-19-36-38(33)31-15-6-8-18-35(31)42-36)34-25-28-13-4-5-14-30(28)40-39(34)32-16-7-9-20-37(32)43-40/h1-25H. The largest absolute Gasteiger partial charge is 0.456 e. The zero-order valence-corrected chi connectivity index (χ0v) is 24.0. The van der Waals surface area contributed by atoms with E-state index in [0.717, 1.165) is 39.0 Å². The normalized spacial score (nSPS) is 11.7. The lowest BCUT2D eigenvalue weighted by Crippen LogP contribution is -2.11. The Morgan fingerprint density at radius 1 is 0.465 bits per heavy atom. The molecule has 0 unspecified atom stereocenters. The number of rotatable bonds is 4. The number of nitrogens with zero attached hydrogens (tertiary/aromatic N) is 1. The summed E-state index contributed by atoms with van der Waals surface area (Å²) in [6.07, 6.45) is 0. The topological polar surface area (TPSA) is 16.4 Å². The number of anilines is 3. The maximum absolute atomic E-state index is 6.38. The Morgan fingerprint density at radius 3 is 2.00 bits per heavy atom. The quantitative estimate of drug-likeness (QED) is 0.210. The number of hydrogen-bond acceptors (Lipinski definition) is 3. The van der Waals surface area contributed by atoms with Gasteiger partial charge in [-0.1, -0.05) is 109 Å². The summed E-state index contributed by atoms with van der Waals surface area (Å²) >= 11 is 1.88. The third-order valence-electron chi connectivity index (χ3n) is 8.44. The lowest BCUT2D eigenvalue weighted by Gasteiger charge is -2.28. The second-order valence-electron chi connectivity index (χ2n) is 10.9. The second-order valence-corrected chi connectivity index (χ2v) is 12.0. The summed E-state index contributed by atoms with van der Waals surface area (Å²) < 4.78 is 8.98. The van der Waals surface area contributed by atoms with E-state index in [-0.39, 0.29) is 0 Å². The number of para-hydroxylation sites is 1. The van der Waals surface area contributed by atoms with Crippen LogP contribution in [0.3, 0.4) is 0 Å². The van der Waals surface area contributed by atoms with Crippen LogP contribution in [0.4, 0.5) is 17.1 Å². The predicted octanol–water partition coefficient (Wildman–Crippen LogP) is 12.2. The van der Waals surface area contributed by atoms with Crippen molar-refractivity contribution >= 4 is 81.3 Å². The van der Waals surface area contributed by atoms with Crippen molar-refractivity contribution in [3.8, 4) is 11.1 Å². The molecule has 3 heteroatoms. The Bertz CT molecular complexity index is 2450. The fraction of sp³-hybridized carbons (Fsp3) is 0. The first-order chi connectivity index (χ1) is 21.3. The molecule has 2 nitrogen and oxygen atoms in total. The molecule has 0 atom stereocenters. The van der Waals surface area contributed by atoms with Crippen molar-refractivity contribution in [1.82, 2.24) is 0 Å². The zero-order valence-electron chi connectivity index (χ0n) is 23.2. The highest BCUT2D eigenvalue weighted by atomic mass is 32.1. The van der Waals surface area contributed by atoms with Crippen molar-refractivity contribution in [3.63, 3.8) is 0 Å². The van der Waals surface area contributed by atoms with Gasteiger partial charge < -0.3 is 9.32 Å². The van der Waals surface area contributed by atoms with Crippen LogP contribution >= 0.6 is 11.3 Å². The summed E-state index contributed by atoms with van der Waals surface area (Å²) in [4.78, 5) is 2.44. The summed E-state index contributed by atoms with van der Waals surface area (Å²) in [6, 6.07) is 54.2. The van der Waals surface area contributed by atoms with Gasteiger partial charge in [0.2, 0.25) is 0 Å². The molecule has 0 saturated carbocycles. The number of hydrogen-bond donors (Lipinski definition) is 0. The first-order valence-corrected chi connectivity index (χ1v) is 15.3. The van der Waals surface area contributed by atoms with Crippen molar-refractivity contribution in [2.75, 3.05) is 4.90 Å². The lowest BCUT2D eigenvalue weighted by atomic mass is 10.0. The molecule has 202 valence electrons. The minimum absolute atomic E-state index is 0.886. The molecular weight excluding hydrogens is 543 g/mol. The van der Waals surface area contributed by atoms with Gasteiger partial charge in [0.05, 0.1) is 16.8 Å². The van der Waals surface area contributed by atoms with Gasteiger partial charge in [-0.2, -0.15) is 0 Å². The van der Waals surface area contributed by atoms with Gasteiger partial charge in [-0.3, -0.25) is 0 Å². The highest BCUT2D eigenvalue weighted by Crippen LogP contribution is 2.50. The van der Waals surface area contributed by atoms with Gasteiger partial charge in [0, 0.05) is 31.2 Å². The van der Waals surface area contributed by atoms with Crippen LogP contribution in [-0.4, -0.2) is 0 Å². The Kier molecular flexibility index (Phi) is 5.40.